The van der Waals surface area contributed by atoms with E-state index in [0.29, 0.717) is 52.3 Å². The first-order valence-corrected chi connectivity index (χ1v) is 16.4. The second-order valence-corrected chi connectivity index (χ2v) is 13.1. The van der Waals surface area contributed by atoms with Crippen molar-refractivity contribution >= 4 is 51.7 Å². The minimum atomic E-state index is -0.213. The van der Waals surface area contributed by atoms with E-state index in [4.69, 9.17) is 31.4 Å². The summed E-state index contributed by atoms with van der Waals surface area (Å²) in [7, 11) is 1.63. The normalized spacial score (nSPS) is 17.5. The number of carbonyl (C=O) groups is 1. The fourth-order valence-electron chi connectivity index (χ4n) is 5.94. The van der Waals surface area contributed by atoms with Gasteiger partial charge in [-0.25, -0.2) is 4.98 Å². The summed E-state index contributed by atoms with van der Waals surface area (Å²) in [6, 6.07) is 17.6. The van der Waals surface area contributed by atoms with Gasteiger partial charge in [0.05, 0.1) is 17.6 Å². The van der Waals surface area contributed by atoms with Crippen molar-refractivity contribution < 1.29 is 19.0 Å². The number of thioether (sulfide) groups is 1. The number of thiocarbonyl (C=S) groups is 1. The number of aryl methyl sites for hydroxylation is 1. The van der Waals surface area contributed by atoms with Crippen molar-refractivity contribution in [2.45, 2.75) is 19.9 Å². The van der Waals surface area contributed by atoms with Crippen molar-refractivity contribution in [2.75, 3.05) is 51.5 Å². The van der Waals surface area contributed by atoms with Crippen LogP contribution in [0.2, 0.25) is 0 Å². The number of nitrogens with zero attached hydrogens (tertiary/aromatic N) is 5. The molecule has 0 bridgehead atoms. The molecule has 3 aliphatic rings. The molecule has 2 fully saturated rings. The average Bonchev–Trinajstić information content (AvgIpc) is 3.65. The van der Waals surface area contributed by atoms with Gasteiger partial charge in [0.15, 0.2) is 11.5 Å². The number of anilines is 1. The van der Waals surface area contributed by atoms with E-state index < -0.39 is 0 Å². The van der Waals surface area contributed by atoms with Crippen molar-refractivity contribution in [3.05, 3.63) is 98.3 Å². The summed E-state index contributed by atoms with van der Waals surface area (Å²) in [5.41, 5.74) is 3.92. The van der Waals surface area contributed by atoms with Crippen LogP contribution in [-0.2, 0) is 17.8 Å². The molecule has 12 heteroatoms. The Hall–Kier alpha value is -4.39. The predicted molar refractivity (Wildman–Crippen MR) is 183 cm³/mol. The minimum Gasteiger partial charge on any atom is -0.497 e. The fourth-order valence-corrected chi connectivity index (χ4v) is 7.23. The molecule has 0 unspecified atom stereocenters. The number of fused-ring (bicyclic) bond motifs is 2. The maximum Gasteiger partial charge on any atom is 0.267 e. The van der Waals surface area contributed by atoms with E-state index in [1.54, 1.807) is 28.7 Å². The highest BCUT2D eigenvalue weighted by Crippen LogP contribution is 2.35. The number of aromatic nitrogens is 2. The van der Waals surface area contributed by atoms with Crippen LogP contribution >= 0.6 is 24.0 Å². The molecule has 0 N–H and O–H groups in total. The number of hydrogen-bond donors (Lipinski definition) is 0. The van der Waals surface area contributed by atoms with Gasteiger partial charge in [0.2, 0.25) is 6.79 Å². The Labute approximate surface area is 276 Å². The summed E-state index contributed by atoms with van der Waals surface area (Å²) in [5.74, 6) is 2.73. The lowest BCUT2D eigenvalue weighted by Crippen LogP contribution is -2.47. The number of piperazine rings is 1. The van der Waals surface area contributed by atoms with Crippen LogP contribution in [-0.4, -0.2) is 76.0 Å². The Bertz CT molecular complexity index is 1920. The Kier molecular flexibility index (Phi) is 8.41. The lowest BCUT2D eigenvalue weighted by molar-refractivity contribution is -0.122. The summed E-state index contributed by atoms with van der Waals surface area (Å²) in [5, 5.41) is 0. The molecule has 0 radical (unpaired) electrons. The van der Waals surface area contributed by atoms with Gasteiger partial charge in [0.25, 0.3) is 11.5 Å². The number of pyridine rings is 1. The number of carbonyl (C=O) groups excluding carboxylic acids is 1. The zero-order chi connectivity index (χ0) is 31.8. The molecular weight excluding hydrogens is 623 g/mol. The van der Waals surface area contributed by atoms with Crippen molar-refractivity contribution in [3.63, 3.8) is 0 Å². The van der Waals surface area contributed by atoms with Crippen molar-refractivity contribution in [2.24, 2.45) is 0 Å². The van der Waals surface area contributed by atoms with Gasteiger partial charge in [0, 0.05) is 45.5 Å². The number of hydrogen-bond acceptors (Lipinski definition) is 10. The van der Waals surface area contributed by atoms with Crippen LogP contribution in [0.1, 0.15) is 22.3 Å². The van der Waals surface area contributed by atoms with Crippen LogP contribution in [0.4, 0.5) is 5.82 Å². The first-order chi connectivity index (χ1) is 22.4. The van der Waals surface area contributed by atoms with Crippen molar-refractivity contribution in [3.8, 4) is 17.2 Å². The standard InChI is InChI=1S/C34H33N5O5S2/c1-22-4-3-12-38-30(22)35-31(37-16-14-36(15-17-37)20-24-7-10-27-28(18-24)44-21-43-27)26(32(38)40)19-29-33(41)39(34(45)46-29)13-11-23-5-8-25(42-2)9-6-23/h3-10,12,18-19H,11,13-17,20-21H2,1-2H3. The maximum absolute atomic E-state index is 14.0. The molecule has 0 spiro atoms. The second-order valence-electron chi connectivity index (χ2n) is 11.4. The highest BCUT2D eigenvalue weighted by molar-refractivity contribution is 8.26. The first kappa shape index (κ1) is 30.3. The van der Waals surface area contributed by atoms with E-state index >= 15 is 0 Å². The predicted octanol–water partition coefficient (Wildman–Crippen LogP) is 4.51. The monoisotopic (exact) mass is 655 g/mol. The first-order valence-electron chi connectivity index (χ1n) is 15.1. The van der Waals surface area contributed by atoms with Gasteiger partial charge in [-0.2, -0.15) is 0 Å². The molecule has 0 saturated carbocycles. The molecule has 7 rings (SSSR count). The van der Waals surface area contributed by atoms with E-state index in [-0.39, 0.29) is 18.3 Å². The lowest BCUT2D eigenvalue weighted by atomic mass is 10.1. The zero-order valence-corrected chi connectivity index (χ0v) is 27.2. The minimum absolute atomic E-state index is 0.197. The number of rotatable bonds is 8. The Morgan fingerprint density at radius 1 is 1.00 bits per heavy atom. The lowest BCUT2D eigenvalue weighted by Gasteiger charge is -2.36. The van der Waals surface area contributed by atoms with E-state index in [9.17, 15) is 9.59 Å². The van der Waals surface area contributed by atoms with Gasteiger partial charge in [-0.05, 0) is 66.4 Å². The van der Waals surface area contributed by atoms with Crippen LogP contribution in [0.3, 0.4) is 0 Å². The average molecular weight is 656 g/mol. The second kappa shape index (κ2) is 12.8. The number of ether oxygens (including phenoxy) is 3. The summed E-state index contributed by atoms with van der Waals surface area (Å²) in [6.07, 6.45) is 4.05. The van der Waals surface area contributed by atoms with Gasteiger partial charge in [-0.15, -0.1) is 0 Å². The third kappa shape index (κ3) is 5.95. The van der Waals surface area contributed by atoms with Crippen LogP contribution in [0.5, 0.6) is 17.2 Å². The summed E-state index contributed by atoms with van der Waals surface area (Å²) >= 11 is 6.85. The molecule has 3 aliphatic heterocycles. The third-order valence-electron chi connectivity index (χ3n) is 8.51. The quantitative estimate of drug-likeness (QED) is 0.200. The largest absolute Gasteiger partial charge is 0.497 e. The Morgan fingerprint density at radius 2 is 1.76 bits per heavy atom. The zero-order valence-electron chi connectivity index (χ0n) is 25.6. The van der Waals surface area contributed by atoms with Crippen molar-refractivity contribution in [1.29, 1.82) is 0 Å². The summed E-state index contributed by atoms with van der Waals surface area (Å²) < 4.78 is 18.3. The molecule has 46 heavy (non-hydrogen) atoms. The molecule has 2 saturated heterocycles. The molecule has 0 aliphatic carbocycles. The smallest absolute Gasteiger partial charge is 0.267 e. The number of methoxy groups -OCH3 is 1. The molecule has 2 aromatic carbocycles. The van der Waals surface area contributed by atoms with Gasteiger partial charge in [-0.3, -0.25) is 23.8 Å². The van der Waals surface area contributed by atoms with Gasteiger partial charge >= 0.3 is 0 Å². The van der Waals surface area contributed by atoms with E-state index in [1.807, 2.05) is 55.5 Å². The Balaban J connectivity index is 1.13. The third-order valence-corrected chi connectivity index (χ3v) is 9.89. The molecular formula is C34H33N5O5S2. The van der Waals surface area contributed by atoms with E-state index in [2.05, 4.69) is 15.9 Å². The number of amides is 1. The van der Waals surface area contributed by atoms with Crippen LogP contribution in [0.15, 0.2) is 70.5 Å². The van der Waals surface area contributed by atoms with Crippen molar-refractivity contribution in [1.82, 2.24) is 19.2 Å². The molecule has 5 heterocycles. The van der Waals surface area contributed by atoms with Gasteiger partial charge in [-0.1, -0.05) is 48.2 Å². The van der Waals surface area contributed by atoms with E-state index in [1.165, 1.54) is 11.8 Å². The maximum atomic E-state index is 14.0. The molecule has 4 aromatic rings. The molecule has 10 nitrogen and oxygen atoms in total. The molecule has 2 aromatic heterocycles. The fraction of sp³-hybridized carbons (Fsp3) is 0.294. The van der Waals surface area contributed by atoms with Crippen LogP contribution < -0.4 is 24.7 Å². The van der Waals surface area contributed by atoms with E-state index in [0.717, 1.165) is 53.6 Å². The topological polar surface area (TPSA) is 88.8 Å². The Morgan fingerprint density at radius 3 is 2.54 bits per heavy atom. The highest BCUT2D eigenvalue weighted by atomic mass is 32.2. The van der Waals surface area contributed by atoms with Crippen LogP contribution in [0.25, 0.3) is 11.7 Å². The molecule has 0 atom stereocenters. The molecule has 1 amide bonds. The van der Waals surface area contributed by atoms with Gasteiger partial charge in [0.1, 0.15) is 21.5 Å². The highest BCUT2D eigenvalue weighted by Gasteiger charge is 2.33. The summed E-state index contributed by atoms with van der Waals surface area (Å²) in [4.78, 5) is 39.2. The summed E-state index contributed by atoms with van der Waals surface area (Å²) in [6.45, 7) is 6.37. The van der Waals surface area contributed by atoms with Gasteiger partial charge < -0.3 is 19.1 Å². The van der Waals surface area contributed by atoms with Crippen LogP contribution in [0, 0.1) is 6.92 Å². The SMILES string of the molecule is COc1ccc(CCN2C(=O)C(=Cc3c(N4CCN(Cc5ccc6c(c5)OCO6)CC4)nc4c(C)cccn4c3=O)SC2=S)cc1. The molecule has 236 valence electrons. The number of benzene rings is 2.